The largest absolute Gasteiger partial charge is 0.397 e. The average Bonchev–Trinajstić information content (AvgIpc) is 1.70. The van der Waals surface area contributed by atoms with Crippen molar-refractivity contribution in [1.29, 1.82) is 5.26 Å². The summed E-state index contributed by atoms with van der Waals surface area (Å²) in [6, 6.07) is 1.75. The van der Waals surface area contributed by atoms with Crippen LogP contribution in [-0.2, 0) is 0 Å². The highest BCUT2D eigenvalue weighted by atomic mass is 16.3. The van der Waals surface area contributed by atoms with Crippen molar-refractivity contribution in [2.24, 2.45) is 0 Å². The molecule has 0 bridgehead atoms. The molecule has 0 saturated heterocycles. The molecule has 0 unspecified atom stereocenters. The number of hydrogen-bond acceptors (Lipinski definition) is 3. The fourth-order valence-electron chi connectivity index (χ4n) is 0. The van der Waals surface area contributed by atoms with Crippen LogP contribution in [0, 0.1) is 11.3 Å². The second-order valence-corrected chi connectivity index (χ2v) is 0.856. The van der Waals surface area contributed by atoms with E-state index < -0.39 is 0 Å². The van der Waals surface area contributed by atoms with E-state index in [0.29, 0.717) is 0 Å². The monoisotopic (exact) mass is 133 g/mol. The smallest absolute Gasteiger partial charge is 0.0587 e. The maximum Gasteiger partial charge on any atom is 0.0587 e. The van der Waals surface area contributed by atoms with Gasteiger partial charge in [-0.05, 0) is 13.8 Å². The van der Waals surface area contributed by atoms with Crippen LogP contribution in [0.2, 0.25) is 0 Å². The van der Waals surface area contributed by atoms with Crippen molar-refractivity contribution in [3.8, 4) is 6.07 Å². The van der Waals surface area contributed by atoms with Gasteiger partial charge in [0.05, 0.1) is 6.07 Å². The van der Waals surface area contributed by atoms with Crippen LogP contribution in [0.3, 0.4) is 0 Å². The van der Waals surface area contributed by atoms with Crippen LogP contribution in [0.5, 0.6) is 0 Å². The van der Waals surface area contributed by atoms with Crippen molar-refractivity contribution in [3.05, 3.63) is 0 Å². The molecule has 0 aromatic rings. The normalized spacial score (nSPS) is 4.89. The predicted octanol–water partition coefficient (Wildman–Crippen LogP) is 0.527. The number of rotatable bonds is 0. The Morgan fingerprint density at radius 2 is 1.22 bits per heavy atom. The van der Waals surface area contributed by atoms with Crippen molar-refractivity contribution in [2.45, 2.75) is 20.8 Å². The SMILES string of the molecule is CC#N.CCO.CCO. The molecule has 0 aliphatic rings. The maximum atomic E-state index is 7.57. The standard InChI is InChI=1S/C2H3N.2C2H6O/c3*1-2-3/h1H3;2*3H,2H2,1H3. The van der Waals surface area contributed by atoms with Crippen LogP contribution in [-0.4, -0.2) is 23.4 Å². The first-order valence-corrected chi connectivity index (χ1v) is 2.77. The van der Waals surface area contributed by atoms with Crippen molar-refractivity contribution in [3.63, 3.8) is 0 Å². The molecule has 2 N–H and O–H groups in total. The van der Waals surface area contributed by atoms with Gasteiger partial charge < -0.3 is 10.2 Å². The van der Waals surface area contributed by atoms with Crippen LogP contribution >= 0.6 is 0 Å². The molecule has 0 atom stereocenters. The summed E-state index contributed by atoms with van der Waals surface area (Å²) in [5, 5.41) is 22.5. The Morgan fingerprint density at radius 3 is 1.22 bits per heavy atom. The van der Waals surface area contributed by atoms with Gasteiger partial charge in [-0.2, -0.15) is 5.26 Å². The Bertz CT molecular complexity index is 47.5. The Hall–Kier alpha value is -0.590. The topological polar surface area (TPSA) is 64.2 Å². The van der Waals surface area contributed by atoms with Gasteiger partial charge in [0, 0.05) is 20.1 Å². The van der Waals surface area contributed by atoms with Crippen LogP contribution in [0.25, 0.3) is 0 Å². The first-order valence-electron chi connectivity index (χ1n) is 2.77. The van der Waals surface area contributed by atoms with Gasteiger partial charge in [-0.25, -0.2) is 0 Å². The Labute approximate surface area is 56.6 Å². The number of hydrogen-bond donors (Lipinski definition) is 2. The van der Waals surface area contributed by atoms with Crippen LogP contribution < -0.4 is 0 Å². The lowest BCUT2D eigenvalue weighted by Crippen LogP contribution is -1.57. The lowest BCUT2D eigenvalue weighted by molar-refractivity contribution is 0.318. The van der Waals surface area contributed by atoms with Crippen molar-refractivity contribution in [1.82, 2.24) is 0 Å². The zero-order valence-corrected chi connectivity index (χ0v) is 6.26. The van der Waals surface area contributed by atoms with E-state index in [-0.39, 0.29) is 13.2 Å². The molecule has 0 aliphatic heterocycles. The van der Waals surface area contributed by atoms with Gasteiger partial charge in [0.1, 0.15) is 0 Å². The maximum absolute atomic E-state index is 7.57. The van der Waals surface area contributed by atoms with Gasteiger partial charge in [0.2, 0.25) is 0 Å². The molecule has 0 rings (SSSR count). The van der Waals surface area contributed by atoms with E-state index >= 15 is 0 Å². The van der Waals surface area contributed by atoms with Gasteiger partial charge in [-0.15, -0.1) is 0 Å². The molecule has 0 aromatic heterocycles. The van der Waals surface area contributed by atoms with Gasteiger partial charge >= 0.3 is 0 Å². The molecule has 0 spiro atoms. The molecule has 56 valence electrons. The van der Waals surface area contributed by atoms with Crippen molar-refractivity contribution < 1.29 is 10.2 Å². The Balaban J connectivity index is -0.0000000600. The van der Waals surface area contributed by atoms with Crippen molar-refractivity contribution in [2.75, 3.05) is 13.2 Å². The summed E-state index contributed by atoms with van der Waals surface area (Å²) in [6.07, 6.45) is 0. The molecule has 0 aromatic carbocycles. The minimum Gasteiger partial charge on any atom is -0.397 e. The van der Waals surface area contributed by atoms with Crippen LogP contribution in [0.1, 0.15) is 20.8 Å². The lowest BCUT2D eigenvalue weighted by Gasteiger charge is -1.52. The summed E-state index contributed by atoms with van der Waals surface area (Å²) in [5.41, 5.74) is 0. The molecule has 3 heteroatoms. The minimum absolute atomic E-state index is 0.250. The molecule has 0 amide bonds. The van der Waals surface area contributed by atoms with E-state index in [1.807, 2.05) is 0 Å². The molecule has 0 saturated carbocycles. The highest BCUT2D eigenvalue weighted by molar-refractivity contribution is 4.51. The van der Waals surface area contributed by atoms with Crippen LogP contribution in [0.15, 0.2) is 0 Å². The van der Waals surface area contributed by atoms with Gasteiger partial charge in [0.15, 0.2) is 0 Å². The summed E-state index contributed by atoms with van der Waals surface area (Å²) in [5.74, 6) is 0. The highest BCUT2D eigenvalue weighted by Gasteiger charge is 1.34. The predicted molar refractivity (Wildman–Crippen MR) is 36.8 cm³/mol. The summed E-state index contributed by atoms with van der Waals surface area (Å²) in [7, 11) is 0. The van der Waals surface area contributed by atoms with Gasteiger partial charge in [-0.3, -0.25) is 0 Å². The number of nitrogens with zero attached hydrogens (tertiary/aromatic N) is 1. The van der Waals surface area contributed by atoms with E-state index in [1.54, 1.807) is 19.9 Å². The van der Waals surface area contributed by atoms with E-state index in [9.17, 15) is 0 Å². The Kier molecular flexibility index (Phi) is 91.9. The first kappa shape index (κ1) is 15.8. The first-order chi connectivity index (χ1) is 4.24. The zero-order valence-electron chi connectivity index (χ0n) is 6.26. The summed E-state index contributed by atoms with van der Waals surface area (Å²) in [4.78, 5) is 0. The van der Waals surface area contributed by atoms with E-state index in [1.165, 1.54) is 6.92 Å². The fourth-order valence-corrected chi connectivity index (χ4v) is 0. The second kappa shape index (κ2) is 52.4. The summed E-state index contributed by atoms with van der Waals surface area (Å²) < 4.78 is 0. The number of aliphatic hydroxyl groups is 2. The molecule has 0 fully saturated rings. The highest BCUT2D eigenvalue weighted by Crippen LogP contribution is 1.30. The van der Waals surface area contributed by atoms with E-state index in [2.05, 4.69) is 0 Å². The van der Waals surface area contributed by atoms with Gasteiger partial charge in [-0.1, -0.05) is 0 Å². The lowest BCUT2D eigenvalue weighted by atomic mass is 10.9. The Morgan fingerprint density at radius 1 is 1.22 bits per heavy atom. The molecule has 0 heterocycles. The third-order valence-electron chi connectivity index (χ3n) is 0. The quantitative estimate of drug-likeness (QED) is 0.506. The fraction of sp³-hybridized carbons (Fsp3) is 0.833. The zero-order chi connectivity index (χ0) is 8.12. The van der Waals surface area contributed by atoms with Crippen molar-refractivity contribution >= 4 is 0 Å². The molecule has 3 nitrogen and oxygen atoms in total. The average molecular weight is 133 g/mol. The van der Waals surface area contributed by atoms with Gasteiger partial charge in [0.25, 0.3) is 0 Å². The second-order valence-electron chi connectivity index (χ2n) is 0.856. The molecule has 0 radical (unpaired) electrons. The third kappa shape index (κ3) is 623. The molecule has 0 aliphatic carbocycles. The number of nitriles is 1. The van der Waals surface area contributed by atoms with E-state index in [0.717, 1.165) is 0 Å². The summed E-state index contributed by atoms with van der Waals surface area (Å²) >= 11 is 0. The minimum atomic E-state index is 0.250. The molecular formula is C6H15NO2. The molecule has 9 heavy (non-hydrogen) atoms. The third-order valence-corrected chi connectivity index (χ3v) is 0. The van der Waals surface area contributed by atoms with E-state index in [4.69, 9.17) is 15.5 Å². The number of aliphatic hydroxyl groups excluding tert-OH is 2. The van der Waals surface area contributed by atoms with Crippen LogP contribution in [0.4, 0.5) is 0 Å². The molecular weight excluding hydrogens is 118 g/mol. The summed E-state index contributed by atoms with van der Waals surface area (Å²) in [6.45, 7) is 5.29.